The van der Waals surface area contributed by atoms with Crippen molar-refractivity contribution in [3.8, 4) is 33.7 Å². The number of aryl methyl sites for hydroxylation is 2. The van der Waals surface area contributed by atoms with Gasteiger partial charge in [-0.2, -0.15) is 15.3 Å². The molecule has 0 unspecified atom stereocenters. The summed E-state index contributed by atoms with van der Waals surface area (Å²) in [5.74, 6) is 0.756. The Morgan fingerprint density at radius 3 is 2.43 bits per heavy atom. The van der Waals surface area contributed by atoms with Crippen LogP contribution in [0.1, 0.15) is 11.3 Å². The third-order valence-electron chi connectivity index (χ3n) is 5.38. The van der Waals surface area contributed by atoms with Crippen molar-refractivity contribution in [2.45, 2.75) is 13.8 Å². The van der Waals surface area contributed by atoms with Gasteiger partial charge in [0.05, 0.1) is 31.4 Å². The zero-order valence-electron chi connectivity index (χ0n) is 17.4. The predicted octanol–water partition coefficient (Wildman–Crippen LogP) is 4.21. The van der Waals surface area contributed by atoms with Crippen LogP contribution >= 0.6 is 0 Å². The fourth-order valence-electron chi connectivity index (χ4n) is 3.86. The number of methoxy groups -OCH3 is 1. The van der Waals surface area contributed by atoms with E-state index in [0.717, 1.165) is 44.9 Å². The first kappa shape index (κ1) is 18.2. The maximum Gasteiger partial charge on any atom is 0.145 e. The molecule has 150 valence electrons. The second-order valence-corrected chi connectivity index (χ2v) is 7.45. The molecule has 0 aliphatic heterocycles. The number of aromatic nitrogens is 6. The fraction of sp³-hybridized carbons (Fsp3) is 0.174. The molecule has 0 spiro atoms. The molecule has 4 heterocycles. The topological polar surface area (TPSA) is 62.2 Å². The highest BCUT2D eigenvalue weighted by Crippen LogP contribution is 2.36. The lowest BCUT2D eigenvalue weighted by Gasteiger charge is -2.09. The average Bonchev–Trinajstić information content (AvgIpc) is 3.45. The van der Waals surface area contributed by atoms with E-state index in [-0.39, 0.29) is 0 Å². The van der Waals surface area contributed by atoms with Crippen molar-refractivity contribution in [1.82, 2.24) is 29.2 Å². The molecule has 0 bridgehead atoms. The number of pyridine rings is 1. The molecule has 4 aromatic heterocycles. The quantitative estimate of drug-likeness (QED) is 0.455. The Hall–Kier alpha value is -3.87. The van der Waals surface area contributed by atoms with Gasteiger partial charge in [0.25, 0.3) is 0 Å². The minimum absolute atomic E-state index is 0.756. The van der Waals surface area contributed by atoms with Gasteiger partial charge in [0.15, 0.2) is 0 Å². The van der Waals surface area contributed by atoms with E-state index in [4.69, 9.17) is 4.74 Å². The van der Waals surface area contributed by atoms with E-state index in [1.165, 1.54) is 5.56 Å². The van der Waals surface area contributed by atoms with Crippen molar-refractivity contribution in [3.63, 3.8) is 0 Å². The van der Waals surface area contributed by atoms with Gasteiger partial charge in [0.2, 0.25) is 0 Å². The predicted molar refractivity (Wildman–Crippen MR) is 116 cm³/mol. The molecule has 5 aromatic rings. The highest BCUT2D eigenvalue weighted by Gasteiger charge is 2.18. The Morgan fingerprint density at radius 1 is 0.867 bits per heavy atom. The monoisotopic (exact) mass is 398 g/mol. The highest BCUT2D eigenvalue weighted by molar-refractivity contribution is 5.87. The molecule has 0 amide bonds. The van der Waals surface area contributed by atoms with Crippen LogP contribution in [0, 0.1) is 13.8 Å². The van der Waals surface area contributed by atoms with E-state index in [1.54, 1.807) is 11.8 Å². The zero-order chi connectivity index (χ0) is 20.8. The summed E-state index contributed by atoms with van der Waals surface area (Å²) < 4.78 is 11.4. The summed E-state index contributed by atoms with van der Waals surface area (Å²) in [7, 11) is 3.59. The molecule has 30 heavy (non-hydrogen) atoms. The van der Waals surface area contributed by atoms with E-state index >= 15 is 0 Å². The minimum atomic E-state index is 0.756. The Morgan fingerprint density at radius 2 is 1.70 bits per heavy atom. The van der Waals surface area contributed by atoms with Crippen molar-refractivity contribution < 1.29 is 4.74 Å². The molecule has 0 radical (unpaired) electrons. The number of fused-ring (bicyclic) bond motifs is 1. The molecule has 7 nitrogen and oxygen atoms in total. The Bertz CT molecular complexity index is 1370. The van der Waals surface area contributed by atoms with Gasteiger partial charge in [-0.3, -0.25) is 4.68 Å². The second kappa shape index (κ2) is 6.88. The minimum Gasteiger partial charge on any atom is -0.494 e. The number of benzene rings is 1. The van der Waals surface area contributed by atoms with Gasteiger partial charge < -0.3 is 4.74 Å². The summed E-state index contributed by atoms with van der Waals surface area (Å²) in [4.78, 5) is 0. The summed E-state index contributed by atoms with van der Waals surface area (Å²) >= 11 is 0. The Labute approximate surface area is 174 Å². The van der Waals surface area contributed by atoms with E-state index in [9.17, 15) is 0 Å². The van der Waals surface area contributed by atoms with Crippen LogP contribution in [0.2, 0.25) is 0 Å². The van der Waals surface area contributed by atoms with Crippen molar-refractivity contribution in [2.24, 2.45) is 7.05 Å². The second-order valence-electron chi connectivity index (χ2n) is 7.45. The molecule has 0 aliphatic rings. The van der Waals surface area contributed by atoms with E-state index in [2.05, 4.69) is 47.3 Å². The summed E-state index contributed by atoms with van der Waals surface area (Å²) in [6.45, 7) is 4.16. The maximum absolute atomic E-state index is 5.75. The van der Waals surface area contributed by atoms with E-state index in [0.29, 0.717) is 0 Å². The molecule has 1 aromatic carbocycles. The van der Waals surface area contributed by atoms with Crippen molar-refractivity contribution >= 4 is 5.52 Å². The maximum atomic E-state index is 5.75. The van der Waals surface area contributed by atoms with Gasteiger partial charge in [-0.15, -0.1) is 0 Å². The van der Waals surface area contributed by atoms with Gasteiger partial charge in [0, 0.05) is 47.4 Å². The first-order chi connectivity index (χ1) is 14.5. The van der Waals surface area contributed by atoms with Crippen molar-refractivity contribution in [1.29, 1.82) is 0 Å². The molecule has 5 rings (SSSR count). The number of nitrogens with zero attached hydrogens (tertiary/aromatic N) is 6. The van der Waals surface area contributed by atoms with Crippen LogP contribution in [0.4, 0.5) is 0 Å². The van der Waals surface area contributed by atoms with Gasteiger partial charge in [-0.25, -0.2) is 9.20 Å². The normalized spacial score (nSPS) is 11.3. The van der Waals surface area contributed by atoms with Crippen LogP contribution in [-0.2, 0) is 7.05 Å². The SMILES string of the molecule is COc1cc(-c2cnn(C)c2)cn2ncc(-c3cnn(-c4cccc(C)c4)c3C)c12. The molecule has 7 heteroatoms. The van der Waals surface area contributed by atoms with Crippen LogP contribution in [-0.4, -0.2) is 36.3 Å². The number of hydrogen-bond acceptors (Lipinski definition) is 4. The lowest BCUT2D eigenvalue weighted by atomic mass is 10.1. The van der Waals surface area contributed by atoms with Gasteiger partial charge in [0.1, 0.15) is 11.3 Å². The average molecular weight is 398 g/mol. The van der Waals surface area contributed by atoms with E-state index < -0.39 is 0 Å². The van der Waals surface area contributed by atoms with Crippen LogP contribution < -0.4 is 4.74 Å². The van der Waals surface area contributed by atoms with E-state index in [1.807, 2.05) is 59.4 Å². The molecule has 0 atom stereocenters. The first-order valence-electron chi connectivity index (χ1n) is 9.71. The third kappa shape index (κ3) is 2.86. The summed E-state index contributed by atoms with van der Waals surface area (Å²) in [5, 5.41) is 13.5. The third-order valence-corrected chi connectivity index (χ3v) is 5.38. The fourth-order valence-corrected chi connectivity index (χ4v) is 3.86. The Kier molecular flexibility index (Phi) is 4.17. The Balaban J connectivity index is 1.66. The summed E-state index contributed by atoms with van der Waals surface area (Å²) in [6.07, 6.45) is 9.57. The largest absolute Gasteiger partial charge is 0.494 e. The molecule has 0 N–H and O–H groups in total. The summed E-state index contributed by atoms with van der Waals surface area (Å²) in [5.41, 5.74) is 8.23. The first-order valence-corrected chi connectivity index (χ1v) is 9.71. The molecule has 0 saturated carbocycles. The smallest absolute Gasteiger partial charge is 0.145 e. The highest BCUT2D eigenvalue weighted by atomic mass is 16.5. The number of ether oxygens (including phenoxy) is 1. The molecule has 0 saturated heterocycles. The number of hydrogen-bond donors (Lipinski definition) is 0. The van der Waals surface area contributed by atoms with Gasteiger partial charge in [-0.05, 0) is 37.6 Å². The van der Waals surface area contributed by atoms with Crippen LogP contribution in [0.5, 0.6) is 5.75 Å². The molecule has 0 aliphatic carbocycles. The molecular weight excluding hydrogens is 376 g/mol. The van der Waals surface area contributed by atoms with Crippen LogP contribution in [0.3, 0.4) is 0 Å². The van der Waals surface area contributed by atoms with Gasteiger partial charge in [-0.1, -0.05) is 12.1 Å². The van der Waals surface area contributed by atoms with Gasteiger partial charge >= 0.3 is 0 Å². The summed E-state index contributed by atoms with van der Waals surface area (Å²) in [6, 6.07) is 10.3. The van der Waals surface area contributed by atoms with Crippen LogP contribution in [0.25, 0.3) is 33.5 Å². The zero-order valence-corrected chi connectivity index (χ0v) is 17.4. The lowest BCUT2D eigenvalue weighted by Crippen LogP contribution is -1.99. The lowest BCUT2D eigenvalue weighted by molar-refractivity contribution is 0.418. The standard InChI is InChI=1S/C23H22N6O/c1-15-6-5-7-19(8-15)29-16(2)20(11-26-29)21-12-25-28-14-17(9-22(30-4)23(21)28)18-10-24-27(3)13-18/h5-14H,1-4H3. The van der Waals surface area contributed by atoms with Crippen molar-refractivity contribution in [3.05, 3.63) is 72.6 Å². The number of rotatable bonds is 4. The van der Waals surface area contributed by atoms with Crippen molar-refractivity contribution in [2.75, 3.05) is 7.11 Å². The van der Waals surface area contributed by atoms with Crippen LogP contribution in [0.15, 0.2) is 61.3 Å². The molecule has 0 fully saturated rings. The molecular formula is C23H22N6O.